The first-order valence-electron chi connectivity index (χ1n) is 8.03. The van der Waals surface area contributed by atoms with Crippen molar-refractivity contribution >= 4 is 11.6 Å². The molecule has 1 amide bonds. The molecule has 0 aliphatic carbocycles. The molecule has 0 spiro atoms. The first-order valence-corrected chi connectivity index (χ1v) is 8.03. The number of ether oxygens (including phenoxy) is 1. The molecule has 1 aromatic heterocycles. The number of benzene rings is 2. The summed E-state index contributed by atoms with van der Waals surface area (Å²) >= 11 is 0. The Hall–Kier alpha value is -3.15. The molecular weight excluding hydrogens is 318 g/mol. The molecule has 3 aromatic rings. The summed E-state index contributed by atoms with van der Waals surface area (Å²) in [7, 11) is 1.60. The predicted molar refractivity (Wildman–Crippen MR) is 94.4 cm³/mol. The van der Waals surface area contributed by atoms with Gasteiger partial charge in [0, 0.05) is 17.7 Å². The number of nitrogens with zero attached hydrogens (tertiary/aromatic N) is 2. The molecule has 6 nitrogen and oxygen atoms in total. The van der Waals surface area contributed by atoms with E-state index in [0.29, 0.717) is 23.8 Å². The lowest BCUT2D eigenvalue weighted by Crippen LogP contribution is -2.14. The van der Waals surface area contributed by atoms with Gasteiger partial charge in [0.1, 0.15) is 5.75 Å². The van der Waals surface area contributed by atoms with E-state index in [1.54, 1.807) is 7.11 Å². The summed E-state index contributed by atoms with van der Waals surface area (Å²) in [5, 5.41) is 6.84. The van der Waals surface area contributed by atoms with Gasteiger partial charge in [-0.05, 0) is 29.8 Å². The summed E-state index contributed by atoms with van der Waals surface area (Å²) in [5.41, 5.74) is 2.37. The SMILES string of the molecule is CCc1nc(-c2cccc(NC(=O)Cc3cccc(OC)c3)c2)no1. The maximum Gasteiger partial charge on any atom is 0.228 e. The van der Waals surface area contributed by atoms with E-state index in [-0.39, 0.29) is 12.3 Å². The molecule has 2 aromatic carbocycles. The Morgan fingerprint density at radius 3 is 2.80 bits per heavy atom. The molecule has 25 heavy (non-hydrogen) atoms. The Morgan fingerprint density at radius 2 is 2.04 bits per heavy atom. The van der Waals surface area contributed by atoms with E-state index in [2.05, 4.69) is 15.5 Å². The van der Waals surface area contributed by atoms with Crippen LogP contribution in [-0.4, -0.2) is 23.2 Å². The van der Waals surface area contributed by atoms with Crippen molar-refractivity contribution in [3.8, 4) is 17.1 Å². The highest BCUT2D eigenvalue weighted by molar-refractivity contribution is 5.92. The molecular formula is C19H19N3O3. The highest BCUT2D eigenvalue weighted by atomic mass is 16.5. The number of hydrogen-bond donors (Lipinski definition) is 1. The average molecular weight is 337 g/mol. The second-order valence-corrected chi connectivity index (χ2v) is 5.52. The predicted octanol–water partition coefficient (Wildman–Crippen LogP) is 3.49. The molecule has 6 heteroatoms. The molecule has 3 rings (SSSR count). The fourth-order valence-electron chi connectivity index (χ4n) is 2.42. The normalized spacial score (nSPS) is 10.5. The van der Waals surface area contributed by atoms with Crippen LogP contribution in [0.25, 0.3) is 11.4 Å². The number of anilines is 1. The summed E-state index contributed by atoms with van der Waals surface area (Å²) in [6.07, 6.45) is 0.952. The van der Waals surface area contributed by atoms with Crippen molar-refractivity contribution in [3.05, 3.63) is 60.0 Å². The Labute approximate surface area is 145 Å². The van der Waals surface area contributed by atoms with Crippen LogP contribution in [0.3, 0.4) is 0 Å². The minimum atomic E-state index is -0.104. The van der Waals surface area contributed by atoms with E-state index in [1.165, 1.54) is 0 Å². The number of carbonyl (C=O) groups excluding carboxylic acids is 1. The summed E-state index contributed by atoms with van der Waals surface area (Å²) in [4.78, 5) is 16.6. The van der Waals surface area contributed by atoms with Gasteiger partial charge in [-0.15, -0.1) is 0 Å². The van der Waals surface area contributed by atoms with Gasteiger partial charge >= 0.3 is 0 Å². The van der Waals surface area contributed by atoms with Gasteiger partial charge in [-0.2, -0.15) is 4.98 Å². The zero-order valence-corrected chi connectivity index (χ0v) is 14.2. The Bertz CT molecular complexity index is 874. The second kappa shape index (κ2) is 7.61. The molecule has 1 heterocycles. The van der Waals surface area contributed by atoms with Crippen LogP contribution >= 0.6 is 0 Å². The zero-order valence-electron chi connectivity index (χ0n) is 14.2. The van der Waals surface area contributed by atoms with E-state index in [4.69, 9.17) is 9.26 Å². The number of amides is 1. The molecule has 0 fully saturated rings. The lowest BCUT2D eigenvalue weighted by atomic mass is 10.1. The van der Waals surface area contributed by atoms with Crippen molar-refractivity contribution < 1.29 is 14.1 Å². The van der Waals surface area contributed by atoms with Gasteiger partial charge in [-0.3, -0.25) is 4.79 Å². The number of carbonyl (C=O) groups is 1. The lowest BCUT2D eigenvalue weighted by molar-refractivity contribution is -0.115. The fraction of sp³-hybridized carbons (Fsp3) is 0.211. The van der Waals surface area contributed by atoms with Gasteiger partial charge in [0.05, 0.1) is 13.5 Å². The largest absolute Gasteiger partial charge is 0.497 e. The molecule has 0 saturated heterocycles. The van der Waals surface area contributed by atoms with Crippen molar-refractivity contribution in [2.24, 2.45) is 0 Å². The second-order valence-electron chi connectivity index (χ2n) is 5.52. The van der Waals surface area contributed by atoms with Crippen LogP contribution in [0.5, 0.6) is 5.75 Å². The van der Waals surface area contributed by atoms with Crippen molar-refractivity contribution in [2.45, 2.75) is 19.8 Å². The molecule has 0 atom stereocenters. The average Bonchev–Trinajstić information content (AvgIpc) is 3.11. The number of aromatic nitrogens is 2. The van der Waals surface area contributed by atoms with Crippen molar-refractivity contribution in [1.29, 1.82) is 0 Å². The highest BCUT2D eigenvalue weighted by Gasteiger charge is 2.09. The number of rotatable bonds is 6. The van der Waals surface area contributed by atoms with Crippen molar-refractivity contribution in [2.75, 3.05) is 12.4 Å². The van der Waals surface area contributed by atoms with Gasteiger partial charge in [0.25, 0.3) is 0 Å². The van der Waals surface area contributed by atoms with Gasteiger partial charge in [-0.1, -0.05) is 36.3 Å². The first kappa shape index (κ1) is 16.7. The standard InChI is InChI=1S/C19H19N3O3/c1-3-18-21-19(22-25-18)14-7-5-8-15(12-14)20-17(23)11-13-6-4-9-16(10-13)24-2/h4-10,12H,3,11H2,1-2H3,(H,20,23). The van der Waals surface area contributed by atoms with Crippen LogP contribution in [0.1, 0.15) is 18.4 Å². The van der Waals surface area contributed by atoms with E-state index in [9.17, 15) is 4.79 Å². The molecule has 0 bridgehead atoms. The smallest absolute Gasteiger partial charge is 0.228 e. The monoisotopic (exact) mass is 337 g/mol. The van der Waals surface area contributed by atoms with Crippen LogP contribution in [0.2, 0.25) is 0 Å². The van der Waals surface area contributed by atoms with Crippen LogP contribution in [0.15, 0.2) is 53.1 Å². The molecule has 0 aliphatic rings. The maximum atomic E-state index is 12.3. The number of aryl methyl sites for hydroxylation is 1. The van der Waals surface area contributed by atoms with Crippen molar-refractivity contribution in [3.63, 3.8) is 0 Å². The highest BCUT2D eigenvalue weighted by Crippen LogP contribution is 2.20. The maximum absolute atomic E-state index is 12.3. The number of nitrogens with one attached hydrogen (secondary N) is 1. The Balaban J connectivity index is 1.70. The van der Waals surface area contributed by atoms with Crippen LogP contribution in [0.4, 0.5) is 5.69 Å². The minimum Gasteiger partial charge on any atom is -0.497 e. The first-order chi connectivity index (χ1) is 12.2. The molecule has 0 radical (unpaired) electrons. The quantitative estimate of drug-likeness (QED) is 0.745. The van der Waals surface area contributed by atoms with Crippen LogP contribution < -0.4 is 10.1 Å². The lowest BCUT2D eigenvalue weighted by Gasteiger charge is -2.07. The minimum absolute atomic E-state index is 0.104. The van der Waals surface area contributed by atoms with Crippen molar-refractivity contribution in [1.82, 2.24) is 10.1 Å². The van der Waals surface area contributed by atoms with Gasteiger partial charge < -0.3 is 14.6 Å². The van der Waals surface area contributed by atoms with Gasteiger partial charge in [-0.25, -0.2) is 0 Å². The summed E-state index contributed by atoms with van der Waals surface area (Å²) in [5.74, 6) is 1.73. The van der Waals surface area contributed by atoms with Gasteiger partial charge in [0.2, 0.25) is 17.6 Å². The van der Waals surface area contributed by atoms with Crippen LogP contribution in [-0.2, 0) is 17.6 Å². The Kier molecular flexibility index (Phi) is 5.09. The molecule has 1 N–H and O–H groups in total. The van der Waals surface area contributed by atoms with E-state index in [1.807, 2.05) is 55.5 Å². The molecule has 0 aliphatic heterocycles. The van der Waals surface area contributed by atoms with E-state index >= 15 is 0 Å². The van der Waals surface area contributed by atoms with Gasteiger partial charge in [0.15, 0.2) is 0 Å². The van der Waals surface area contributed by atoms with Crippen LogP contribution in [0, 0.1) is 0 Å². The third kappa shape index (κ3) is 4.23. The third-order valence-electron chi connectivity index (χ3n) is 3.67. The zero-order chi connectivity index (χ0) is 17.6. The molecule has 128 valence electrons. The summed E-state index contributed by atoms with van der Waals surface area (Å²) in [6.45, 7) is 1.95. The van der Waals surface area contributed by atoms with E-state index in [0.717, 1.165) is 16.9 Å². The fourth-order valence-corrected chi connectivity index (χ4v) is 2.42. The Morgan fingerprint density at radius 1 is 1.20 bits per heavy atom. The molecule has 0 unspecified atom stereocenters. The third-order valence-corrected chi connectivity index (χ3v) is 3.67. The number of hydrogen-bond acceptors (Lipinski definition) is 5. The number of methoxy groups -OCH3 is 1. The summed E-state index contributed by atoms with van der Waals surface area (Å²) in [6, 6.07) is 14.8. The molecule has 0 saturated carbocycles. The van der Waals surface area contributed by atoms with E-state index < -0.39 is 0 Å². The summed E-state index contributed by atoms with van der Waals surface area (Å²) < 4.78 is 10.3. The topological polar surface area (TPSA) is 77.2 Å².